The van der Waals surface area contributed by atoms with Crippen LogP contribution in [-0.2, 0) is 6.54 Å². The Kier molecular flexibility index (Phi) is 7.11. The molecule has 0 spiro atoms. The molecule has 1 aromatic heterocycles. The number of halogens is 1. The number of hydrogen-bond acceptors (Lipinski definition) is 5. The van der Waals surface area contributed by atoms with E-state index >= 15 is 0 Å². The Balaban J connectivity index is 1.51. The van der Waals surface area contributed by atoms with E-state index < -0.39 is 0 Å². The maximum absolute atomic E-state index is 13.1. The molecule has 1 saturated heterocycles. The molecule has 6 nitrogen and oxygen atoms in total. The number of rotatable bonds is 6. The standard InChI is InChI=1S/C24H26FN5OS/c1-17-7-5-6-14-30(17)21-15-22(31-20-8-3-2-4-9-20)28-23(27-21)29-24(32)26-16-18-10-12-19(25)13-11-18/h2-4,8-13,15,17H,5-7,14,16H2,1H3,(H2,26,27,28,29,32)/t17-/m1/s1. The third-order valence-corrected chi connectivity index (χ3v) is 5.59. The first-order chi connectivity index (χ1) is 15.6. The Morgan fingerprint density at radius 1 is 1.12 bits per heavy atom. The van der Waals surface area contributed by atoms with E-state index in [-0.39, 0.29) is 5.82 Å². The molecule has 1 aliphatic rings. The van der Waals surface area contributed by atoms with Crippen molar-refractivity contribution in [2.45, 2.75) is 38.8 Å². The lowest BCUT2D eigenvalue weighted by Crippen LogP contribution is -2.38. The summed E-state index contributed by atoms with van der Waals surface area (Å²) >= 11 is 5.43. The number of nitrogens with one attached hydrogen (secondary N) is 2. The van der Waals surface area contributed by atoms with Gasteiger partial charge in [-0.2, -0.15) is 9.97 Å². The quantitative estimate of drug-likeness (QED) is 0.495. The van der Waals surface area contributed by atoms with Crippen LogP contribution >= 0.6 is 12.2 Å². The molecule has 2 heterocycles. The molecule has 1 fully saturated rings. The number of ether oxygens (including phenoxy) is 1. The topological polar surface area (TPSA) is 62.3 Å². The summed E-state index contributed by atoms with van der Waals surface area (Å²) in [7, 11) is 0. The first kappa shape index (κ1) is 22.0. The molecule has 3 aromatic rings. The number of benzene rings is 2. The average molecular weight is 452 g/mol. The molecule has 0 bridgehead atoms. The highest BCUT2D eigenvalue weighted by Gasteiger charge is 2.21. The zero-order chi connectivity index (χ0) is 22.3. The summed E-state index contributed by atoms with van der Waals surface area (Å²) in [6.45, 7) is 3.61. The van der Waals surface area contributed by atoms with Gasteiger partial charge in [-0.3, -0.25) is 0 Å². The van der Waals surface area contributed by atoms with Gasteiger partial charge in [0.15, 0.2) is 5.11 Å². The molecule has 166 valence electrons. The van der Waals surface area contributed by atoms with Crippen molar-refractivity contribution in [2.75, 3.05) is 16.8 Å². The molecule has 1 aliphatic heterocycles. The largest absolute Gasteiger partial charge is 0.439 e. The van der Waals surface area contributed by atoms with Crippen LogP contribution in [0.15, 0.2) is 60.7 Å². The molecule has 32 heavy (non-hydrogen) atoms. The monoisotopic (exact) mass is 451 g/mol. The van der Waals surface area contributed by atoms with E-state index in [0.29, 0.717) is 35.3 Å². The molecule has 0 aliphatic carbocycles. The average Bonchev–Trinajstić information content (AvgIpc) is 2.79. The van der Waals surface area contributed by atoms with Crippen molar-refractivity contribution in [1.82, 2.24) is 15.3 Å². The van der Waals surface area contributed by atoms with Gasteiger partial charge in [-0.05, 0) is 68.2 Å². The second-order valence-electron chi connectivity index (χ2n) is 7.78. The van der Waals surface area contributed by atoms with Crippen molar-refractivity contribution in [3.63, 3.8) is 0 Å². The van der Waals surface area contributed by atoms with Crippen LogP contribution in [-0.4, -0.2) is 27.7 Å². The Labute approximate surface area is 192 Å². The van der Waals surface area contributed by atoms with E-state index in [1.807, 2.05) is 36.4 Å². The predicted molar refractivity (Wildman–Crippen MR) is 129 cm³/mol. The smallest absolute Gasteiger partial charge is 0.234 e. The summed E-state index contributed by atoms with van der Waals surface area (Å²) in [6, 6.07) is 18.1. The van der Waals surface area contributed by atoms with Crippen molar-refractivity contribution in [3.8, 4) is 11.6 Å². The fourth-order valence-electron chi connectivity index (χ4n) is 3.65. The zero-order valence-electron chi connectivity index (χ0n) is 17.9. The van der Waals surface area contributed by atoms with Gasteiger partial charge in [0, 0.05) is 25.2 Å². The van der Waals surface area contributed by atoms with Crippen LogP contribution < -0.4 is 20.3 Å². The number of aromatic nitrogens is 2. The molecule has 0 amide bonds. The number of thiocarbonyl (C=S) groups is 1. The van der Waals surface area contributed by atoms with Gasteiger partial charge in [-0.15, -0.1) is 0 Å². The minimum atomic E-state index is -0.266. The fraction of sp³-hybridized carbons (Fsp3) is 0.292. The second kappa shape index (κ2) is 10.4. The van der Waals surface area contributed by atoms with Gasteiger partial charge in [0.1, 0.15) is 17.4 Å². The number of anilines is 2. The van der Waals surface area contributed by atoms with E-state index in [0.717, 1.165) is 30.8 Å². The van der Waals surface area contributed by atoms with E-state index in [9.17, 15) is 4.39 Å². The molecular formula is C24H26FN5OS. The summed E-state index contributed by atoms with van der Waals surface area (Å²) in [5.41, 5.74) is 0.917. The zero-order valence-corrected chi connectivity index (χ0v) is 18.7. The van der Waals surface area contributed by atoms with E-state index in [1.54, 1.807) is 12.1 Å². The van der Waals surface area contributed by atoms with Crippen molar-refractivity contribution in [3.05, 3.63) is 72.0 Å². The van der Waals surface area contributed by atoms with Crippen molar-refractivity contribution in [2.24, 2.45) is 0 Å². The molecule has 4 rings (SSSR count). The van der Waals surface area contributed by atoms with Crippen LogP contribution in [0.4, 0.5) is 16.2 Å². The molecule has 1 atom stereocenters. The van der Waals surface area contributed by atoms with Crippen molar-refractivity contribution < 1.29 is 9.13 Å². The Morgan fingerprint density at radius 2 is 1.91 bits per heavy atom. The minimum absolute atomic E-state index is 0.266. The van der Waals surface area contributed by atoms with Crippen LogP contribution in [0.1, 0.15) is 31.7 Å². The first-order valence-electron chi connectivity index (χ1n) is 10.7. The van der Waals surface area contributed by atoms with Gasteiger partial charge in [-0.1, -0.05) is 30.3 Å². The molecule has 8 heteroatoms. The lowest BCUT2D eigenvalue weighted by atomic mass is 10.0. The van der Waals surface area contributed by atoms with E-state index in [2.05, 4.69) is 27.4 Å². The summed E-state index contributed by atoms with van der Waals surface area (Å²) in [6.07, 6.45) is 3.47. The van der Waals surface area contributed by atoms with Gasteiger partial charge in [0.2, 0.25) is 11.8 Å². The van der Waals surface area contributed by atoms with Crippen molar-refractivity contribution >= 4 is 29.1 Å². The molecule has 2 N–H and O–H groups in total. The third-order valence-electron chi connectivity index (χ3n) is 5.34. The van der Waals surface area contributed by atoms with Gasteiger partial charge in [0.25, 0.3) is 0 Å². The minimum Gasteiger partial charge on any atom is -0.439 e. The van der Waals surface area contributed by atoms with Crippen LogP contribution in [0.5, 0.6) is 11.6 Å². The van der Waals surface area contributed by atoms with Gasteiger partial charge >= 0.3 is 0 Å². The maximum atomic E-state index is 13.1. The van der Waals surface area contributed by atoms with Crippen LogP contribution in [0.25, 0.3) is 0 Å². The van der Waals surface area contributed by atoms with Crippen LogP contribution in [0.3, 0.4) is 0 Å². The maximum Gasteiger partial charge on any atom is 0.234 e. The number of para-hydroxylation sites is 1. The number of nitrogens with zero attached hydrogens (tertiary/aromatic N) is 3. The van der Waals surface area contributed by atoms with Crippen LogP contribution in [0, 0.1) is 5.82 Å². The Bertz CT molecular complexity index is 1050. The predicted octanol–water partition coefficient (Wildman–Crippen LogP) is 5.27. The lowest BCUT2D eigenvalue weighted by Gasteiger charge is -2.34. The highest BCUT2D eigenvalue weighted by atomic mass is 32.1. The molecular weight excluding hydrogens is 425 g/mol. The van der Waals surface area contributed by atoms with Gasteiger partial charge in [0.05, 0.1) is 0 Å². The van der Waals surface area contributed by atoms with Crippen LogP contribution in [0.2, 0.25) is 0 Å². The van der Waals surface area contributed by atoms with E-state index in [1.165, 1.54) is 18.6 Å². The van der Waals surface area contributed by atoms with Gasteiger partial charge in [-0.25, -0.2) is 4.39 Å². The molecule has 0 saturated carbocycles. The summed E-state index contributed by atoms with van der Waals surface area (Å²) < 4.78 is 19.1. The highest BCUT2D eigenvalue weighted by Crippen LogP contribution is 2.28. The number of piperidine rings is 1. The first-order valence-corrected chi connectivity index (χ1v) is 11.2. The fourth-order valence-corrected chi connectivity index (χ4v) is 3.81. The summed E-state index contributed by atoms with van der Waals surface area (Å²) in [5.74, 6) is 2.05. The lowest BCUT2D eigenvalue weighted by molar-refractivity contribution is 0.457. The molecule has 0 radical (unpaired) electrons. The summed E-state index contributed by atoms with van der Waals surface area (Å²) in [5, 5.41) is 6.55. The summed E-state index contributed by atoms with van der Waals surface area (Å²) in [4.78, 5) is 11.5. The third kappa shape index (κ3) is 5.91. The number of hydrogen-bond donors (Lipinski definition) is 2. The molecule has 2 aromatic carbocycles. The Hall–Kier alpha value is -3.26. The van der Waals surface area contributed by atoms with E-state index in [4.69, 9.17) is 21.9 Å². The normalized spacial score (nSPS) is 15.8. The molecule has 0 unspecified atom stereocenters. The van der Waals surface area contributed by atoms with Crippen molar-refractivity contribution in [1.29, 1.82) is 0 Å². The highest BCUT2D eigenvalue weighted by molar-refractivity contribution is 7.80. The SMILES string of the molecule is C[C@@H]1CCCCN1c1cc(Oc2ccccc2)nc(NC(=S)NCc2ccc(F)cc2)n1. The second-order valence-corrected chi connectivity index (χ2v) is 8.18. The Morgan fingerprint density at radius 3 is 2.66 bits per heavy atom. The van der Waals surface area contributed by atoms with Gasteiger partial charge < -0.3 is 20.3 Å².